The van der Waals surface area contributed by atoms with Crippen molar-refractivity contribution in [1.29, 1.82) is 0 Å². The molecule has 3 aromatic rings. The molecule has 0 bridgehead atoms. The first-order chi connectivity index (χ1) is 13.1. The van der Waals surface area contributed by atoms with E-state index >= 15 is 0 Å². The summed E-state index contributed by atoms with van der Waals surface area (Å²) in [4.78, 5) is 4.15. The molecule has 27 heavy (non-hydrogen) atoms. The number of benzene rings is 1. The third-order valence-corrected chi connectivity index (χ3v) is 4.90. The summed E-state index contributed by atoms with van der Waals surface area (Å²) < 4.78 is 26.7. The quantitative estimate of drug-likeness (QED) is 0.485. The van der Waals surface area contributed by atoms with E-state index in [2.05, 4.69) is 30.5 Å². The SMILES string of the molecule is O=S(=O)(Cc1ccccc1)NCCNc1ccc(Nc2ccccn2)nn1. The highest BCUT2D eigenvalue weighted by Crippen LogP contribution is 2.11. The van der Waals surface area contributed by atoms with E-state index in [1.165, 1.54) is 0 Å². The van der Waals surface area contributed by atoms with E-state index in [1.807, 2.05) is 36.4 Å². The van der Waals surface area contributed by atoms with Crippen molar-refractivity contribution in [1.82, 2.24) is 19.9 Å². The number of nitrogens with one attached hydrogen (secondary N) is 3. The average Bonchev–Trinajstić information content (AvgIpc) is 2.68. The Balaban J connectivity index is 1.42. The van der Waals surface area contributed by atoms with Crippen molar-refractivity contribution in [3.63, 3.8) is 0 Å². The van der Waals surface area contributed by atoms with Gasteiger partial charge in [0, 0.05) is 19.3 Å². The van der Waals surface area contributed by atoms with Gasteiger partial charge in [0.15, 0.2) is 5.82 Å². The molecule has 0 unspecified atom stereocenters. The summed E-state index contributed by atoms with van der Waals surface area (Å²) in [6.07, 6.45) is 1.69. The van der Waals surface area contributed by atoms with E-state index in [9.17, 15) is 8.42 Å². The molecule has 0 saturated carbocycles. The Morgan fingerprint density at radius 3 is 2.22 bits per heavy atom. The summed E-state index contributed by atoms with van der Waals surface area (Å²) in [6.45, 7) is 0.653. The molecule has 0 saturated heterocycles. The van der Waals surface area contributed by atoms with Crippen LogP contribution in [0, 0.1) is 0 Å². The Morgan fingerprint density at radius 2 is 1.52 bits per heavy atom. The van der Waals surface area contributed by atoms with Crippen LogP contribution in [0.25, 0.3) is 0 Å². The van der Waals surface area contributed by atoms with Crippen LogP contribution in [0.1, 0.15) is 5.56 Å². The van der Waals surface area contributed by atoms with Gasteiger partial charge < -0.3 is 10.6 Å². The van der Waals surface area contributed by atoms with Gasteiger partial charge in [0.1, 0.15) is 11.6 Å². The fourth-order valence-electron chi connectivity index (χ4n) is 2.30. The minimum atomic E-state index is -3.37. The van der Waals surface area contributed by atoms with E-state index in [1.54, 1.807) is 30.5 Å². The molecular weight excluding hydrogens is 364 g/mol. The molecule has 2 aromatic heterocycles. The van der Waals surface area contributed by atoms with Crippen molar-refractivity contribution in [2.24, 2.45) is 0 Å². The highest BCUT2D eigenvalue weighted by atomic mass is 32.2. The van der Waals surface area contributed by atoms with E-state index in [0.29, 0.717) is 24.0 Å². The van der Waals surface area contributed by atoms with Gasteiger partial charge in [0.25, 0.3) is 0 Å². The maximum atomic E-state index is 12.0. The molecule has 0 aliphatic rings. The number of sulfonamides is 1. The van der Waals surface area contributed by atoms with Crippen LogP contribution in [0.4, 0.5) is 17.5 Å². The third kappa shape index (κ3) is 6.32. The van der Waals surface area contributed by atoms with Crippen LogP contribution in [0.3, 0.4) is 0 Å². The zero-order valence-electron chi connectivity index (χ0n) is 14.5. The normalized spacial score (nSPS) is 11.1. The molecule has 0 spiro atoms. The fourth-order valence-corrected chi connectivity index (χ4v) is 3.45. The van der Waals surface area contributed by atoms with Crippen LogP contribution >= 0.6 is 0 Å². The summed E-state index contributed by atoms with van der Waals surface area (Å²) >= 11 is 0. The molecule has 0 aliphatic carbocycles. The highest BCUT2D eigenvalue weighted by molar-refractivity contribution is 7.88. The molecule has 3 rings (SSSR count). The molecule has 8 nitrogen and oxygen atoms in total. The molecular formula is C18H20N6O2S. The van der Waals surface area contributed by atoms with E-state index in [0.717, 1.165) is 5.56 Å². The van der Waals surface area contributed by atoms with Crippen LogP contribution in [0.15, 0.2) is 66.9 Å². The maximum Gasteiger partial charge on any atom is 0.215 e. The molecule has 3 N–H and O–H groups in total. The van der Waals surface area contributed by atoms with Gasteiger partial charge in [-0.1, -0.05) is 36.4 Å². The number of hydrogen-bond acceptors (Lipinski definition) is 7. The van der Waals surface area contributed by atoms with Crippen LogP contribution < -0.4 is 15.4 Å². The second-order valence-corrected chi connectivity index (χ2v) is 7.52. The van der Waals surface area contributed by atoms with Crippen LogP contribution in [0.2, 0.25) is 0 Å². The van der Waals surface area contributed by atoms with E-state index in [-0.39, 0.29) is 12.3 Å². The minimum absolute atomic E-state index is 0.0401. The predicted octanol–water partition coefficient (Wildman–Crippen LogP) is 2.15. The number of rotatable bonds is 9. The van der Waals surface area contributed by atoms with Crippen molar-refractivity contribution < 1.29 is 8.42 Å². The topological polar surface area (TPSA) is 109 Å². The van der Waals surface area contributed by atoms with Gasteiger partial charge in [-0.2, -0.15) is 0 Å². The van der Waals surface area contributed by atoms with Crippen molar-refractivity contribution in [2.45, 2.75) is 5.75 Å². The summed E-state index contributed by atoms with van der Waals surface area (Å²) in [5, 5.41) is 14.2. The lowest BCUT2D eigenvalue weighted by Gasteiger charge is -2.09. The van der Waals surface area contributed by atoms with Crippen molar-refractivity contribution in [2.75, 3.05) is 23.7 Å². The van der Waals surface area contributed by atoms with Gasteiger partial charge in [-0.15, -0.1) is 10.2 Å². The van der Waals surface area contributed by atoms with Crippen molar-refractivity contribution in [3.8, 4) is 0 Å². The van der Waals surface area contributed by atoms with Crippen LogP contribution in [-0.4, -0.2) is 36.7 Å². The molecule has 2 heterocycles. The molecule has 0 atom stereocenters. The summed E-state index contributed by atoms with van der Waals surface area (Å²) in [5.74, 6) is 1.77. The Hall–Kier alpha value is -3.04. The molecule has 0 amide bonds. The van der Waals surface area contributed by atoms with Crippen LogP contribution in [-0.2, 0) is 15.8 Å². The minimum Gasteiger partial charge on any atom is -0.367 e. The van der Waals surface area contributed by atoms with Crippen molar-refractivity contribution >= 4 is 27.5 Å². The van der Waals surface area contributed by atoms with Gasteiger partial charge in [-0.05, 0) is 29.8 Å². The number of hydrogen-bond donors (Lipinski definition) is 3. The first-order valence-corrected chi connectivity index (χ1v) is 10.0. The zero-order valence-corrected chi connectivity index (χ0v) is 15.4. The maximum absolute atomic E-state index is 12.0. The van der Waals surface area contributed by atoms with Gasteiger partial charge in [0.2, 0.25) is 10.0 Å². The molecule has 0 fully saturated rings. The predicted molar refractivity (Wildman–Crippen MR) is 105 cm³/mol. The Kier molecular flexibility index (Phi) is 6.29. The van der Waals surface area contributed by atoms with Gasteiger partial charge in [0.05, 0.1) is 5.75 Å². The van der Waals surface area contributed by atoms with E-state index in [4.69, 9.17) is 0 Å². The number of nitrogens with zero attached hydrogens (tertiary/aromatic N) is 3. The first kappa shape index (κ1) is 18.7. The monoisotopic (exact) mass is 384 g/mol. The largest absolute Gasteiger partial charge is 0.367 e. The third-order valence-electron chi connectivity index (χ3n) is 3.54. The number of aromatic nitrogens is 3. The smallest absolute Gasteiger partial charge is 0.215 e. The second kappa shape index (κ2) is 9.06. The molecule has 140 valence electrons. The van der Waals surface area contributed by atoms with Gasteiger partial charge in [-0.3, -0.25) is 0 Å². The van der Waals surface area contributed by atoms with Gasteiger partial charge in [-0.25, -0.2) is 18.1 Å². The highest BCUT2D eigenvalue weighted by Gasteiger charge is 2.10. The zero-order chi connectivity index (χ0) is 19.0. The number of anilines is 3. The molecule has 0 radical (unpaired) electrons. The lowest BCUT2D eigenvalue weighted by molar-refractivity contribution is 0.582. The van der Waals surface area contributed by atoms with Crippen LogP contribution in [0.5, 0.6) is 0 Å². The lowest BCUT2D eigenvalue weighted by Crippen LogP contribution is -2.30. The summed E-state index contributed by atoms with van der Waals surface area (Å²) in [5.41, 5.74) is 0.750. The number of pyridine rings is 1. The first-order valence-electron chi connectivity index (χ1n) is 8.38. The molecule has 0 aliphatic heterocycles. The summed E-state index contributed by atoms with van der Waals surface area (Å²) in [6, 6.07) is 18.1. The van der Waals surface area contributed by atoms with Crippen molar-refractivity contribution in [3.05, 3.63) is 72.4 Å². The van der Waals surface area contributed by atoms with E-state index < -0.39 is 10.0 Å². The molecule has 1 aromatic carbocycles. The standard InChI is InChI=1S/C18H20N6O2S/c25-27(26,14-15-6-2-1-3-7-15)21-13-12-20-17-9-10-18(24-23-17)22-16-8-4-5-11-19-16/h1-11,21H,12-14H2,(H,20,23)(H,19,22,24). The fraction of sp³-hybridized carbons (Fsp3) is 0.167. The summed E-state index contributed by atoms with van der Waals surface area (Å²) in [7, 11) is -3.37. The Morgan fingerprint density at radius 1 is 0.778 bits per heavy atom. The Labute approximate surface area is 158 Å². The van der Waals surface area contributed by atoms with Gasteiger partial charge >= 0.3 is 0 Å². The molecule has 9 heteroatoms. The Bertz CT molecular complexity index is 935. The average molecular weight is 384 g/mol. The lowest BCUT2D eigenvalue weighted by atomic mass is 10.2. The second-order valence-electron chi connectivity index (χ2n) is 5.71.